The quantitative estimate of drug-likeness (QED) is 0.388. The third kappa shape index (κ3) is 6.01. The Morgan fingerprint density at radius 1 is 1.30 bits per heavy atom. The molecule has 8 heteroatoms. The van der Waals surface area contributed by atoms with E-state index < -0.39 is 0 Å². The highest BCUT2D eigenvalue weighted by Crippen LogP contribution is 2.34. The second kappa shape index (κ2) is 11.9. The van der Waals surface area contributed by atoms with Crippen LogP contribution < -0.4 is 15.4 Å². The number of rotatable bonds is 10. The van der Waals surface area contributed by atoms with Gasteiger partial charge in [-0.25, -0.2) is 0 Å². The third-order valence-corrected chi connectivity index (χ3v) is 5.07. The number of benzene rings is 1. The van der Waals surface area contributed by atoms with Gasteiger partial charge in [0.2, 0.25) is 0 Å². The lowest BCUT2D eigenvalue weighted by atomic mass is 10.1. The predicted octanol–water partition coefficient (Wildman–Crippen LogP) is 4.27. The Balaban J connectivity index is 2.23. The van der Waals surface area contributed by atoms with Gasteiger partial charge in [-0.05, 0) is 44.0 Å². The number of aliphatic imine (C=N–C) groups is 1. The van der Waals surface area contributed by atoms with Crippen molar-refractivity contribution in [3.8, 4) is 5.75 Å². The fraction of sp³-hybridized carbons (Fsp3) is 0.318. The lowest BCUT2D eigenvalue weighted by Crippen LogP contribution is -2.25. The molecular weight excluding hydrogens is 402 g/mol. The van der Waals surface area contributed by atoms with E-state index in [1.54, 1.807) is 36.7 Å². The Bertz CT molecular complexity index is 934. The summed E-state index contributed by atoms with van der Waals surface area (Å²) in [6.07, 6.45) is 7.03. The smallest absolute Gasteiger partial charge is 0.258 e. The summed E-state index contributed by atoms with van der Waals surface area (Å²) in [5.74, 6) is -0.203. The van der Waals surface area contributed by atoms with Crippen molar-refractivity contribution in [2.75, 3.05) is 25.6 Å². The molecule has 0 aliphatic carbocycles. The van der Waals surface area contributed by atoms with E-state index in [4.69, 9.17) is 9.84 Å². The maximum Gasteiger partial charge on any atom is 0.258 e. The van der Waals surface area contributed by atoms with Gasteiger partial charge >= 0.3 is 0 Å². The first-order chi connectivity index (χ1) is 14.5. The molecule has 0 aliphatic heterocycles. The van der Waals surface area contributed by atoms with Crippen LogP contribution >= 0.6 is 11.3 Å². The Hall–Kier alpha value is -2.97. The van der Waals surface area contributed by atoms with E-state index in [2.05, 4.69) is 15.6 Å². The maximum absolute atomic E-state index is 12.9. The van der Waals surface area contributed by atoms with Crippen LogP contribution in [-0.2, 0) is 0 Å². The molecule has 30 heavy (non-hydrogen) atoms. The van der Waals surface area contributed by atoms with Crippen LogP contribution in [0.4, 0.5) is 11.4 Å². The number of aliphatic hydroxyl groups excluding tert-OH is 1. The van der Waals surface area contributed by atoms with E-state index in [0.29, 0.717) is 41.2 Å². The zero-order valence-electron chi connectivity index (χ0n) is 17.4. The Kier molecular flexibility index (Phi) is 9.24. The number of hydrogen-bond donors (Lipinski definition) is 3. The summed E-state index contributed by atoms with van der Waals surface area (Å²) in [4.78, 5) is 30.4. The minimum Gasteiger partial charge on any atom is -0.495 e. The molecule has 0 spiro atoms. The molecular formula is C22H27N3O4S. The Morgan fingerprint density at radius 3 is 2.77 bits per heavy atom. The fourth-order valence-corrected chi connectivity index (χ4v) is 3.55. The molecule has 0 saturated carbocycles. The highest BCUT2D eigenvalue weighted by atomic mass is 32.1. The van der Waals surface area contributed by atoms with Crippen molar-refractivity contribution in [2.24, 2.45) is 4.99 Å². The topological polar surface area (TPSA) is 100 Å². The highest BCUT2D eigenvalue weighted by Gasteiger charge is 2.18. The van der Waals surface area contributed by atoms with Crippen LogP contribution in [-0.4, -0.2) is 43.4 Å². The number of anilines is 1. The molecule has 160 valence electrons. The van der Waals surface area contributed by atoms with Crippen molar-refractivity contribution in [1.29, 1.82) is 0 Å². The van der Waals surface area contributed by atoms with Crippen LogP contribution in [0.2, 0.25) is 0 Å². The number of nitrogens with zero attached hydrogens (tertiary/aromatic N) is 1. The second-order valence-corrected chi connectivity index (χ2v) is 7.17. The van der Waals surface area contributed by atoms with Gasteiger partial charge in [-0.1, -0.05) is 13.0 Å². The predicted molar refractivity (Wildman–Crippen MR) is 122 cm³/mol. The first-order valence-corrected chi connectivity index (χ1v) is 10.6. The van der Waals surface area contributed by atoms with Crippen LogP contribution in [0, 0.1) is 0 Å². The highest BCUT2D eigenvalue weighted by molar-refractivity contribution is 7.11. The molecule has 0 bridgehead atoms. The number of carbonyl (C=O) groups excluding carboxylic acids is 2. The summed E-state index contributed by atoms with van der Waals surface area (Å²) in [6.45, 7) is 4.24. The molecule has 0 saturated heterocycles. The van der Waals surface area contributed by atoms with Crippen molar-refractivity contribution in [2.45, 2.75) is 26.7 Å². The average Bonchev–Trinajstić information content (AvgIpc) is 3.15. The summed E-state index contributed by atoms with van der Waals surface area (Å²) >= 11 is 1.46. The number of aliphatic hydroxyl groups is 1. The van der Waals surface area contributed by atoms with Crippen molar-refractivity contribution >= 4 is 46.8 Å². The molecule has 0 unspecified atom stereocenters. The number of methoxy groups -OCH3 is 1. The van der Waals surface area contributed by atoms with Gasteiger partial charge in [-0.2, -0.15) is 0 Å². The summed E-state index contributed by atoms with van der Waals surface area (Å²) in [7, 11) is 1.48. The van der Waals surface area contributed by atoms with E-state index in [-0.39, 0.29) is 18.4 Å². The largest absolute Gasteiger partial charge is 0.495 e. The monoisotopic (exact) mass is 429 g/mol. The van der Waals surface area contributed by atoms with E-state index in [1.165, 1.54) is 18.4 Å². The second-order valence-electron chi connectivity index (χ2n) is 6.26. The molecule has 7 nitrogen and oxygen atoms in total. The van der Waals surface area contributed by atoms with Crippen molar-refractivity contribution < 1.29 is 19.4 Å². The van der Waals surface area contributed by atoms with Gasteiger partial charge in [0, 0.05) is 30.3 Å². The number of amides is 2. The molecule has 2 rings (SSSR count). The van der Waals surface area contributed by atoms with Crippen molar-refractivity contribution in [3.63, 3.8) is 0 Å². The molecule has 2 aromatic rings. The molecule has 0 aliphatic rings. The summed E-state index contributed by atoms with van der Waals surface area (Å²) in [6, 6.07) is 4.81. The van der Waals surface area contributed by atoms with E-state index in [0.717, 1.165) is 11.3 Å². The Labute approximate surface area is 180 Å². The zero-order valence-corrected chi connectivity index (χ0v) is 18.2. The van der Waals surface area contributed by atoms with E-state index in [9.17, 15) is 9.59 Å². The normalized spacial score (nSPS) is 11.2. The average molecular weight is 430 g/mol. The molecule has 2 amide bonds. The molecule has 0 fully saturated rings. The van der Waals surface area contributed by atoms with Crippen LogP contribution in [0.25, 0.3) is 6.08 Å². The zero-order chi connectivity index (χ0) is 21.9. The van der Waals surface area contributed by atoms with Crippen molar-refractivity contribution in [1.82, 2.24) is 5.32 Å². The van der Waals surface area contributed by atoms with E-state index in [1.807, 2.05) is 19.1 Å². The molecule has 1 heterocycles. The van der Waals surface area contributed by atoms with Gasteiger partial charge < -0.3 is 20.5 Å². The summed E-state index contributed by atoms with van der Waals surface area (Å²) < 4.78 is 5.36. The molecule has 0 atom stereocenters. The van der Waals surface area contributed by atoms with E-state index >= 15 is 0 Å². The van der Waals surface area contributed by atoms with Crippen LogP contribution in [0.15, 0.2) is 34.6 Å². The third-order valence-electron chi connectivity index (χ3n) is 4.13. The minimum atomic E-state index is -0.304. The number of nitrogens with one attached hydrogen (secondary N) is 2. The standard InChI is InChI=1S/C22H27N3O4S/c1-4-6-8-19-20(23-5-2)16(14-30-19)22(28)25-17-10-9-15(13-18(17)29-3)21(27)24-11-7-12-26/h5-6,8-10,13-14,26H,4,7,11-12H2,1-3H3,(H,24,27)(H,25,28)/b8-6+,23-5-. The van der Waals surface area contributed by atoms with Gasteiger partial charge in [0.05, 0.1) is 28.9 Å². The van der Waals surface area contributed by atoms with Gasteiger partial charge in [-0.15, -0.1) is 11.3 Å². The lowest BCUT2D eigenvalue weighted by Gasteiger charge is -2.12. The van der Waals surface area contributed by atoms with Gasteiger partial charge in [0.25, 0.3) is 11.8 Å². The fourth-order valence-electron chi connectivity index (χ4n) is 2.64. The number of ether oxygens (including phenoxy) is 1. The SMILES string of the molecule is C/C=N\c1c(C(=O)Nc2ccc(C(=O)NCCCO)cc2OC)csc1/C=C/CC. The van der Waals surface area contributed by atoms with Crippen LogP contribution in [0.3, 0.4) is 0 Å². The molecule has 1 aromatic carbocycles. The lowest BCUT2D eigenvalue weighted by molar-refractivity contribution is 0.0950. The summed E-state index contributed by atoms with van der Waals surface area (Å²) in [5, 5.41) is 16.2. The first-order valence-electron chi connectivity index (χ1n) is 9.70. The number of thiophene rings is 1. The summed E-state index contributed by atoms with van der Waals surface area (Å²) in [5.41, 5.74) is 1.96. The van der Waals surface area contributed by atoms with Gasteiger partial charge in [-0.3, -0.25) is 14.6 Å². The molecule has 1 aromatic heterocycles. The molecule has 0 radical (unpaired) electrons. The molecule has 3 N–H and O–H groups in total. The number of carbonyl (C=O) groups is 2. The van der Waals surface area contributed by atoms with Crippen LogP contribution in [0.5, 0.6) is 5.75 Å². The minimum absolute atomic E-state index is 0.0111. The van der Waals surface area contributed by atoms with Crippen molar-refractivity contribution in [3.05, 3.63) is 45.7 Å². The maximum atomic E-state index is 12.9. The van der Waals surface area contributed by atoms with Gasteiger partial charge in [0.1, 0.15) is 5.75 Å². The Morgan fingerprint density at radius 2 is 2.10 bits per heavy atom. The number of hydrogen-bond acceptors (Lipinski definition) is 6. The first kappa shape index (κ1) is 23.3. The number of allylic oxidation sites excluding steroid dienone is 1. The van der Waals surface area contributed by atoms with Gasteiger partial charge in [0.15, 0.2) is 0 Å². The van der Waals surface area contributed by atoms with Crippen LogP contribution in [0.1, 0.15) is 52.3 Å².